The summed E-state index contributed by atoms with van der Waals surface area (Å²) in [6.45, 7) is 0.591. The van der Waals surface area contributed by atoms with Crippen LogP contribution in [0, 0.1) is 0 Å². The lowest BCUT2D eigenvalue weighted by molar-refractivity contribution is 0.805. The van der Waals surface area contributed by atoms with E-state index >= 15 is 0 Å². The molecule has 0 bridgehead atoms. The third kappa shape index (κ3) is 2.22. The van der Waals surface area contributed by atoms with Crippen LogP contribution in [0.1, 0.15) is 5.82 Å². The number of guanidine groups is 1. The molecular formula is C6H12N6. The molecule has 0 aromatic carbocycles. The Hall–Kier alpha value is -1.59. The van der Waals surface area contributed by atoms with Crippen LogP contribution in [0.5, 0.6) is 0 Å². The molecule has 0 saturated carbocycles. The lowest BCUT2D eigenvalue weighted by Crippen LogP contribution is -2.34. The minimum Gasteiger partial charge on any atom is -0.359 e. The number of aromatic amines is 1. The fourth-order valence-corrected chi connectivity index (χ4v) is 0.763. The van der Waals surface area contributed by atoms with Gasteiger partial charge in [0.25, 0.3) is 0 Å². The largest absolute Gasteiger partial charge is 0.359 e. The van der Waals surface area contributed by atoms with Crippen molar-refractivity contribution in [1.29, 1.82) is 0 Å². The molecule has 0 aliphatic carbocycles. The molecule has 1 rings (SSSR count). The molecular weight excluding hydrogens is 156 g/mol. The van der Waals surface area contributed by atoms with E-state index in [0.717, 1.165) is 11.8 Å². The SMILES string of the molecule is CN=C(NC)NCc1ncn[nH]1. The van der Waals surface area contributed by atoms with Crippen molar-refractivity contribution in [2.24, 2.45) is 4.99 Å². The minimum atomic E-state index is 0.591. The van der Waals surface area contributed by atoms with E-state index in [-0.39, 0.29) is 0 Å². The van der Waals surface area contributed by atoms with E-state index in [1.165, 1.54) is 6.33 Å². The van der Waals surface area contributed by atoms with Gasteiger partial charge in [-0.15, -0.1) is 0 Å². The molecule has 6 nitrogen and oxygen atoms in total. The number of H-pyrrole nitrogens is 1. The highest BCUT2D eigenvalue weighted by Gasteiger charge is 1.95. The molecule has 66 valence electrons. The quantitative estimate of drug-likeness (QED) is 0.395. The van der Waals surface area contributed by atoms with Gasteiger partial charge in [0.15, 0.2) is 5.96 Å². The van der Waals surface area contributed by atoms with Gasteiger partial charge in [-0.1, -0.05) is 0 Å². The molecule has 6 heteroatoms. The van der Waals surface area contributed by atoms with Crippen LogP contribution < -0.4 is 10.6 Å². The minimum absolute atomic E-state index is 0.591. The first-order valence-electron chi connectivity index (χ1n) is 3.59. The van der Waals surface area contributed by atoms with Crippen molar-refractivity contribution in [3.63, 3.8) is 0 Å². The molecule has 0 atom stereocenters. The number of nitrogens with one attached hydrogen (secondary N) is 3. The summed E-state index contributed by atoms with van der Waals surface area (Å²) >= 11 is 0. The maximum atomic E-state index is 3.94. The van der Waals surface area contributed by atoms with E-state index in [0.29, 0.717) is 6.54 Å². The summed E-state index contributed by atoms with van der Waals surface area (Å²) in [6.07, 6.45) is 1.47. The second kappa shape index (κ2) is 4.32. The van der Waals surface area contributed by atoms with E-state index in [2.05, 4.69) is 30.8 Å². The number of hydrogen-bond acceptors (Lipinski definition) is 3. The first-order valence-corrected chi connectivity index (χ1v) is 3.59. The van der Waals surface area contributed by atoms with Crippen LogP contribution >= 0.6 is 0 Å². The Kier molecular flexibility index (Phi) is 3.06. The molecule has 0 aliphatic heterocycles. The molecule has 1 aromatic heterocycles. The fourth-order valence-electron chi connectivity index (χ4n) is 0.763. The first-order chi connectivity index (χ1) is 5.86. The van der Waals surface area contributed by atoms with Crippen molar-refractivity contribution >= 4 is 5.96 Å². The summed E-state index contributed by atoms with van der Waals surface area (Å²) in [5.74, 6) is 1.51. The average molecular weight is 168 g/mol. The van der Waals surface area contributed by atoms with Gasteiger partial charge in [0.1, 0.15) is 12.2 Å². The van der Waals surface area contributed by atoms with E-state index in [4.69, 9.17) is 0 Å². The predicted octanol–water partition coefficient (Wildman–Crippen LogP) is -0.900. The standard InChI is InChI=1S/C6H12N6/c1-7-6(8-2)9-3-5-10-4-11-12-5/h4H,3H2,1-2H3,(H2,7,8,9)(H,10,11,12). The smallest absolute Gasteiger partial charge is 0.191 e. The van der Waals surface area contributed by atoms with Gasteiger partial charge in [-0.25, -0.2) is 4.98 Å². The van der Waals surface area contributed by atoms with Gasteiger partial charge in [-0.2, -0.15) is 5.10 Å². The first kappa shape index (κ1) is 8.51. The lowest BCUT2D eigenvalue weighted by Gasteiger charge is -2.05. The summed E-state index contributed by atoms with van der Waals surface area (Å²) in [4.78, 5) is 7.88. The summed E-state index contributed by atoms with van der Waals surface area (Å²) in [7, 11) is 3.51. The summed E-state index contributed by atoms with van der Waals surface area (Å²) in [5.41, 5.74) is 0. The molecule has 1 heterocycles. The van der Waals surface area contributed by atoms with Crippen molar-refractivity contribution in [2.75, 3.05) is 14.1 Å². The van der Waals surface area contributed by atoms with Crippen molar-refractivity contribution in [2.45, 2.75) is 6.54 Å². The zero-order valence-electron chi connectivity index (χ0n) is 7.13. The highest BCUT2D eigenvalue weighted by atomic mass is 15.2. The maximum absolute atomic E-state index is 3.94. The van der Waals surface area contributed by atoms with E-state index < -0.39 is 0 Å². The summed E-state index contributed by atoms with van der Waals surface area (Å²) in [6, 6.07) is 0. The Morgan fingerprint density at radius 1 is 1.75 bits per heavy atom. The average Bonchev–Trinajstić information content (AvgIpc) is 2.59. The summed E-state index contributed by atoms with van der Waals surface area (Å²) < 4.78 is 0. The van der Waals surface area contributed by atoms with Gasteiger partial charge in [0.2, 0.25) is 0 Å². The van der Waals surface area contributed by atoms with Crippen LogP contribution in [0.3, 0.4) is 0 Å². The monoisotopic (exact) mass is 168 g/mol. The molecule has 0 fully saturated rings. The van der Waals surface area contributed by atoms with Gasteiger partial charge in [-0.05, 0) is 0 Å². The van der Waals surface area contributed by atoms with Crippen LogP contribution in [0.4, 0.5) is 0 Å². The van der Waals surface area contributed by atoms with Gasteiger partial charge in [0.05, 0.1) is 6.54 Å². The summed E-state index contributed by atoms with van der Waals surface area (Å²) in [5, 5.41) is 12.4. The van der Waals surface area contributed by atoms with Crippen LogP contribution in [-0.4, -0.2) is 35.2 Å². The van der Waals surface area contributed by atoms with Gasteiger partial charge in [0, 0.05) is 14.1 Å². The van der Waals surface area contributed by atoms with Crippen LogP contribution in [-0.2, 0) is 6.54 Å². The van der Waals surface area contributed by atoms with Gasteiger partial charge >= 0.3 is 0 Å². The van der Waals surface area contributed by atoms with Crippen LogP contribution in [0.2, 0.25) is 0 Å². The van der Waals surface area contributed by atoms with E-state index in [9.17, 15) is 0 Å². The van der Waals surface area contributed by atoms with Gasteiger partial charge < -0.3 is 10.6 Å². The van der Waals surface area contributed by atoms with Crippen molar-refractivity contribution in [3.05, 3.63) is 12.2 Å². The van der Waals surface area contributed by atoms with Crippen molar-refractivity contribution in [1.82, 2.24) is 25.8 Å². The zero-order valence-corrected chi connectivity index (χ0v) is 7.13. The molecule has 3 N–H and O–H groups in total. The Morgan fingerprint density at radius 2 is 2.58 bits per heavy atom. The molecule has 12 heavy (non-hydrogen) atoms. The Labute approximate surface area is 70.5 Å². The van der Waals surface area contributed by atoms with E-state index in [1.54, 1.807) is 14.1 Å². The Balaban J connectivity index is 2.35. The van der Waals surface area contributed by atoms with Gasteiger partial charge in [-0.3, -0.25) is 10.1 Å². The molecule has 0 saturated heterocycles. The molecule has 0 spiro atoms. The molecule has 1 aromatic rings. The second-order valence-corrected chi connectivity index (χ2v) is 2.11. The third-order valence-corrected chi connectivity index (χ3v) is 1.35. The Bertz CT molecular complexity index is 239. The van der Waals surface area contributed by atoms with Crippen molar-refractivity contribution < 1.29 is 0 Å². The normalized spacial score (nSPS) is 11.3. The Morgan fingerprint density at radius 3 is 3.08 bits per heavy atom. The number of nitrogens with zero attached hydrogens (tertiary/aromatic N) is 3. The zero-order chi connectivity index (χ0) is 8.81. The highest BCUT2D eigenvalue weighted by Crippen LogP contribution is 1.82. The number of aromatic nitrogens is 3. The number of aliphatic imine (C=N–C) groups is 1. The van der Waals surface area contributed by atoms with Crippen LogP contribution in [0.15, 0.2) is 11.3 Å². The predicted molar refractivity (Wildman–Crippen MR) is 45.6 cm³/mol. The maximum Gasteiger partial charge on any atom is 0.191 e. The van der Waals surface area contributed by atoms with Crippen molar-refractivity contribution in [3.8, 4) is 0 Å². The lowest BCUT2D eigenvalue weighted by atomic mass is 10.6. The molecule has 0 unspecified atom stereocenters. The molecule has 0 radical (unpaired) electrons. The third-order valence-electron chi connectivity index (χ3n) is 1.35. The number of rotatable bonds is 2. The van der Waals surface area contributed by atoms with Crippen LogP contribution in [0.25, 0.3) is 0 Å². The highest BCUT2D eigenvalue weighted by molar-refractivity contribution is 5.79. The molecule has 0 aliphatic rings. The van der Waals surface area contributed by atoms with E-state index in [1.807, 2.05) is 0 Å². The fraction of sp³-hybridized carbons (Fsp3) is 0.500. The second-order valence-electron chi connectivity index (χ2n) is 2.11. The molecule has 0 amide bonds. The topological polar surface area (TPSA) is 78.0 Å². The number of hydrogen-bond donors (Lipinski definition) is 3.